The number of benzene rings is 1. The summed E-state index contributed by atoms with van der Waals surface area (Å²) in [5.74, 6) is 0. The van der Waals surface area contributed by atoms with E-state index in [-0.39, 0.29) is 16.0 Å². The molecule has 17 heavy (non-hydrogen) atoms. The van der Waals surface area contributed by atoms with Gasteiger partial charge in [0, 0.05) is 6.04 Å². The zero-order chi connectivity index (χ0) is 13.1. The number of nitrogens with two attached hydrogens (primary N) is 1. The summed E-state index contributed by atoms with van der Waals surface area (Å²) in [4.78, 5) is 0.104. The molecule has 4 nitrogen and oxygen atoms in total. The number of hydrogen-bond donors (Lipinski definition) is 2. The molecule has 0 spiro atoms. The highest BCUT2D eigenvalue weighted by atomic mass is 35.5. The molecule has 1 atom stereocenters. The van der Waals surface area contributed by atoms with Gasteiger partial charge in [-0.25, -0.2) is 13.1 Å². The van der Waals surface area contributed by atoms with E-state index < -0.39 is 10.0 Å². The predicted octanol–water partition coefficient (Wildman–Crippen LogP) is 2.17. The van der Waals surface area contributed by atoms with Crippen molar-refractivity contribution in [3.63, 3.8) is 0 Å². The molecule has 94 valence electrons. The predicted molar refractivity (Wildman–Crippen MR) is 70.5 cm³/mol. The van der Waals surface area contributed by atoms with Crippen LogP contribution in [-0.2, 0) is 10.0 Å². The van der Waals surface area contributed by atoms with Crippen molar-refractivity contribution in [1.29, 1.82) is 0 Å². The van der Waals surface area contributed by atoms with Gasteiger partial charge < -0.3 is 5.73 Å². The SMILES string of the molecule is C=CCC(C)NS(=O)(=O)c1ccc(N)c(Cl)c1. The highest BCUT2D eigenvalue weighted by Crippen LogP contribution is 2.22. The van der Waals surface area contributed by atoms with Gasteiger partial charge >= 0.3 is 0 Å². The Morgan fingerprint density at radius 3 is 2.76 bits per heavy atom. The summed E-state index contributed by atoms with van der Waals surface area (Å²) >= 11 is 5.78. The highest BCUT2D eigenvalue weighted by molar-refractivity contribution is 7.89. The Morgan fingerprint density at radius 1 is 1.59 bits per heavy atom. The second kappa shape index (κ2) is 5.53. The van der Waals surface area contributed by atoms with Crippen LogP contribution in [0.2, 0.25) is 5.02 Å². The first-order valence-corrected chi connectivity index (χ1v) is 6.91. The molecule has 1 aromatic rings. The molecule has 1 rings (SSSR count). The van der Waals surface area contributed by atoms with Gasteiger partial charge in [0.2, 0.25) is 10.0 Å². The number of anilines is 1. The molecule has 3 N–H and O–H groups in total. The van der Waals surface area contributed by atoms with Gasteiger partial charge in [-0.05, 0) is 31.5 Å². The van der Waals surface area contributed by atoms with Crippen molar-refractivity contribution in [3.8, 4) is 0 Å². The van der Waals surface area contributed by atoms with Gasteiger partial charge in [0.05, 0.1) is 15.6 Å². The number of rotatable bonds is 5. The number of nitrogen functional groups attached to an aromatic ring is 1. The van der Waals surface area contributed by atoms with Gasteiger partial charge in [-0.15, -0.1) is 6.58 Å². The summed E-state index contributed by atoms with van der Waals surface area (Å²) in [7, 11) is -3.56. The van der Waals surface area contributed by atoms with Gasteiger partial charge in [-0.3, -0.25) is 0 Å². The first-order chi connectivity index (χ1) is 7.86. The quantitative estimate of drug-likeness (QED) is 0.638. The summed E-state index contributed by atoms with van der Waals surface area (Å²) in [5, 5.41) is 0.226. The second-order valence-corrected chi connectivity index (χ2v) is 5.85. The van der Waals surface area contributed by atoms with Crippen molar-refractivity contribution in [2.45, 2.75) is 24.3 Å². The summed E-state index contributed by atoms with van der Waals surface area (Å²) in [6.07, 6.45) is 2.21. The maximum absolute atomic E-state index is 11.9. The lowest BCUT2D eigenvalue weighted by molar-refractivity contribution is 0.562. The van der Waals surface area contributed by atoms with E-state index in [0.29, 0.717) is 12.1 Å². The van der Waals surface area contributed by atoms with E-state index in [0.717, 1.165) is 0 Å². The molecular weight excluding hydrogens is 260 g/mol. The average molecular weight is 275 g/mol. The van der Waals surface area contributed by atoms with Gasteiger partial charge in [0.25, 0.3) is 0 Å². The fraction of sp³-hybridized carbons (Fsp3) is 0.273. The molecule has 0 radical (unpaired) electrons. The molecule has 0 bridgehead atoms. The molecule has 1 unspecified atom stereocenters. The Kier molecular flexibility index (Phi) is 4.56. The Bertz CT molecular complexity index is 514. The van der Waals surface area contributed by atoms with E-state index >= 15 is 0 Å². The van der Waals surface area contributed by atoms with Crippen molar-refractivity contribution in [2.24, 2.45) is 0 Å². The average Bonchev–Trinajstić information content (AvgIpc) is 2.21. The molecule has 0 heterocycles. The third kappa shape index (κ3) is 3.73. The highest BCUT2D eigenvalue weighted by Gasteiger charge is 2.17. The lowest BCUT2D eigenvalue weighted by Gasteiger charge is -2.12. The molecule has 0 saturated carbocycles. The van der Waals surface area contributed by atoms with Crippen LogP contribution in [-0.4, -0.2) is 14.5 Å². The molecule has 6 heteroatoms. The van der Waals surface area contributed by atoms with Crippen molar-refractivity contribution in [1.82, 2.24) is 4.72 Å². The van der Waals surface area contributed by atoms with Crippen LogP contribution in [0.4, 0.5) is 5.69 Å². The largest absolute Gasteiger partial charge is 0.398 e. The summed E-state index contributed by atoms with van der Waals surface area (Å²) in [6, 6.07) is 4.01. The van der Waals surface area contributed by atoms with Gasteiger partial charge in [0.1, 0.15) is 0 Å². The van der Waals surface area contributed by atoms with Crippen molar-refractivity contribution in [3.05, 3.63) is 35.9 Å². The van der Waals surface area contributed by atoms with Crippen LogP contribution in [0, 0.1) is 0 Å². The number of sulfonamides is 1. The topological polar surface area (TPSA) is 72.2 Å². The van der Waals surface area contributed by atoms with Crippen LogP contribution in [0.1, 0.15) is 13.3 Å². The van der Waals surface area contributed by atoms with E-state index in [2.05, 4.69) is 11.3 Å². The Balaban J connectivity index is 2.97. The molecule has 0 fully saturated rings. The third-order valence-corrected chi connectivity index (χ3v) is 4.07. The minimum Gasteiger partial charge on any atom is -0.398 e. The first kappa shape index (κ1) is 14.0. The van der Waals surface area contributed by atoms with E-state index in [1.807, 2.05) is 0 Å². The second-order valence-electron chi connectivity index (χ2n) is 3.73. The van der Waals surface area contributed by atoms with Crippen LogP contribution in [0.3, 0.4) is 0 Å². The maximum Gasteiger partial charge on any atom is 0.240 e. The number of nitrogens with one attached hydrogen (secondary N) is 1. The first-order valence-electron chi connectivity index (χ1n) is 5.05. The minimum absolute atomic E-state index is 0.104. The molecular formula is C11H15ClN2O2S. The Hall–Kier alpha value is -1.04. The molecule has 1 aromatic carbocycles. The standard InChI is InChI=1S/C11H15ClN2O2S/c1-3-4-8(2)14-17(15,16)9-5-6-11(13)10(12)7-9/h3,5-8,14H,1,4,13H2,2H3. The zero-order valence-corrected chi connectivity index (χ0v) is 11.1. The number of halogens is 1. The fourth-order valence-electron chi connectivity index (χ4n) is 1.31. The molecule has 0 aliphatic rings. The van der Waals surface area contributed by atoms with Gasteiger partial charge in [0.15, 0.2) is 0 Å². The lowest BCUT2D eigenvalue weighted by Crippen LogP contribution is -2.32. The van der Waals surface area contributed by atoms with E-state index in [1.54, 1.807) is 13.0 Å². The van der Waals surface area contributed by atoms with Crippen molar-refractivity contribution in [2.75, 3.05) is 5.73 Å². The zero-order valence-electron chi connectivity index (χ0n) is 9.48. The molecule has 0 saturated heterocycles. The molecule has 0 amide bonds. The van der Waals surface area contributed by atoms with E-state index in [4.69, 9.17) is 17.3 Å². The summed E-state index contributed by atoms with van der Waals surface area (Å²) < 4.78 is 26.4. The molecule has 0 aromatic heterocycles. The van der Waals surface area contributed by atoms with Gasteiger partial charge in [-0.2, -0.15) is 0 Å². The number of hydrogen-bond acceptors (Lipinski definition) is 3. The van der Waals surface area contributed by atoms with E-state index in [9.17, 15) is 8.42 Å². The van der Waals surface area contributed by atoms with Gasteiger partial charge in [-0.1, -0.05) is 17.7 Å². The van der Waals surface area contributed by atoms with Crippen molar-refractivity contribution < 1.29 is 8.42 Å². The van der Waals surface area contributed by atoms with E-state index in [1.165, 1.54) is 18.2 Å². The minimum atomic E-state index is -3.56. The van der Waals surface area contributed by atoms with Crippen molar-refractivity contribution >= 4 is 27.3 Å². The fourth-order valence-corrected chi connectivity index (χ4v) is 2.83. The monoisotopic (exact) mass is 274 g/mol. The van der Waals surface area contributed by atoms with Crippen LogP contribution >= 0.6 is 11.6 Å². The lowest BCUT2D eigenvalue weighted by atomic mass is 10.3. The van der Waals surface area contributed by atoms with Crippen LogP contribution in [0.5, 0.6) is 0 Å². The van der Waals surface area contributed by atoms with Crippen LogP contribution in [0.15, 0.2) is 35.7 Å². The Morgan fingerprint density at radius 2 is 2.24 bits per heavy atom. The molecule has 0 aliphatic carbocycles. The third-order valence-electron chi connectivity index (χ3n) is 2.16. The maximum atomic E-state index is 11.9. The summed E-state index contributed by atoms with van der Waals surface area (Å²) in [6.45, 7) is 5.32. The Labute approximate surface area is 107 Å². The molecule has 0 aliphatic heterocycles. The normalized spacial score (nSPS) is 13.3. The van der Waals surface area contributed by atoms with Crippen LogP contribution < -0.4 is 10.5 Å². The smallest absolute Gasteiger partial charge is 0.240 e. The van der Waals surface area contributed by atoms with Crippen LogP contribution in [0.25, 0.3) is 0 Å². The summed E-state index contributed by atoms with van der Waals surface area (Å²) in [5.41, 5.74) is 5.87.